The van der Waals surface area contributed by atoms with Gasteiger partial charge in [0.25, 0.3) is 0 Å². The quantitative estimate of drug-likeness (QED) is 0.809. The van der Waals surface area contributed by atoms with Crippen LogP contribution in [0, 0.1) is 5.92 Å². The van der Waals surface area contributed by atoms with E-state index in [2.05, 4.69) is 15.3 Å². The highest BCUT2D eigenvalue weighted by molar-refractivity contribution is 8.14. The lowest BCUT2D eigenvalue weighted by Gasteiger charge is -2.23. The standard InChI is InChI=1S/C11H14N4S/c1-2-8-6-16-11(15-10(8)3-1)14-9-4-12-7-13-5-9/h4-5,7-8,10H,1-3,6H2,(H,14,15). The molecule has 1 saturated carbocycles. The van der Waals surface area contributed by atoms with Crippen LogP contribution in [-0.2, 0) is 0 Å². The van der Waals surface area contributed by atoms with E-state index in [1.807, 2.05) is 11.8 Å². The molecule has 0 radical (unpaired) electrons. The highest BCUT2D eigenvalue weighted by Gasteiger charge is 2.30. The molecule has 2 aliphatic rings. The van der Waals surface area contributed by atoms with Crippen molar-refractivity contribution in [2.24, 2.45) is 10.9 Å². The van der Waals surface area contributed by atoms with Crippen LogP contribution in [-0.4, -0.2) is 26.9 Å². The minimum absolute atomic E-state index is 0.549. The van der Waals surface area contributed by atoms with Crippen molar-refractivity contribution >= 4 is 22.6 Å². The van der Waals surface area contributed by atoms with Crippen molar-refractivity contribution < 1.29 is 0 Å². The first-order chi connectivity index (χ1) is 7.92. The second-order valence-corrected chi connectivity index (χ2v) is 5.26. The summed E-state index contributed by atoms with van der Waals surface area (Å²) in [7, 11) is 0. The molecule has 16 heavy (non-hydrogen) atoms. The van der Waals surface area contributed by atoms with Crippen LogP contribution < -0.4 is 5.32 Å². The van der Waals surface area contributed by atoms with Gasteiger partial charge in [-0.1, -0.05) is 18.2 Å². The molecular formula is C11H14N4S. The molecule has 2 atom stereocenters. The van der Waals surface area contributed by atoms with Gasteiger partial charge in [0, 0.05) is 5.75 Å². The molecule has 84 valence electrons. The van der Waals surface area contributed by atoms with Crippen molar-refractivity contribution in [3.8, 4) is 0 Å². The molecule has 4 nitrogen and oxygen atoms in total. The third-order valence-corrected chi connectivity index (χ3v) is 4.22. The number of aromatic nitrogens is 2. The number of amidine groups is 1. The SMILES string of the molecule is c1ncc(NC2=NC3CCCC3CS2)cn1. The van der Waals surface area contributed by atoms with Gasteiger partial charge in [-0.2, -0.15) is 0 Å². The van der Waals surface area contributed by atoms with Gasteiger partial charge in [-0.3, -0.25) is 4.99 Å². The maximum atomic E-state index is 4.75. The molecule has 0 amide bonds. The number of nitrogens with one attached hydrogen (secondary N) is 1. The van der Waals surface area contributed by atoms with E-state index in [0.29, 0.717) is 6.04 Å². The summed E-state index contributed by atoms with van der Waals surface area (Å²) >= 11 is 1.82. The first-order valence-corrected chi connectivity index (χ1v) is 6.63. The van der Waals surface area contributed by atoms with Gasteiger partial charge in [-0.15, -0.1) is 0 Å². The van der Waals surface area contributed by atoms with E-state index in [9.17, 15) is 0 Å². The summed E-state index contributed by atoms with van der Waals surface area (Å²) in [4.78, 5) is 12.7. The molecule has 0 spiro atoms. The van der Waals surface area contributed by atoms with E-state index in [0.717, 1.165) is 16.8 Å². The minimum Gasteiger partial charge on any atom is -0.332 e. The molecule has 1 fully saturated rings. The molecule has 5 heteroatoms. The van der Waals surface area contributed by atoms with Crippen LogP contribution in [0.1, 0.15) is 19.3 Å². The number of aliphatic imine (C=N–C) groups is 1. The molecule has 0 aromatic carbocycles. The van der Waals surface area contributed by atoms with Gasteiger partial charge in [-0.25, -0.2) is 9.97 Å². The normalized spacial score (nSPS) is 28.4. The number of nitrogens with zero attached hydrogens (tertiary/aromatic N) is 3. The van der Waals surface area contributed by atoms with E-state index in [1.54, 1.807) is 12.4 Å². The van der Waals surface area contributed by atoms with Crippen LogP contribution in [0.15, 0.2) is 23.7 Å². The Bertz CT molecular complexity index is 392. The molecule has 1 aliphatic heterocycles. The van der Waals surface area contributed by atoms with Crippen molar-refractivity contribution in [3.63, 3.8) is 0 Å². The number of hydrogen-bond acceptors (Lipinski definition) is 5. The molecule has 1 aromatic rings. The van der Waals surface area contributed by atoms with Gasteiger partial charge < -0.3 is 5.32 Å². The fourth-order valence-electron chi connectivity index (χ4n) is 2.31. The van der Waals surface area contributed by atoms with Gasteiger partial charge in [0.05, 0.1) is 24.1 Å². The highest BCUT2D eigenvalue weighted by Crippen LogP contribution is 2.35. The van der Waals surface area contributed by atoms with Crippen LogP contribution in [0.3, 0.4) is 0 Å². The zero-order chi connectivity index (χ0) is 10.8. The maximum absolute atomic E-state index is 4.75. The van der Waals surface area contributed by atoms with Crippen LogP contribution in [0.4, 0.5) is 5.69 Å². The second-order valence-electron chi connectivity index (χ2n) is 4.26. The average Bonchev–Trinajstić information content (AvgIpc) is 2.77. The van der Waals surface area contributed by atoms with Crippen molar-refractivity contribution in [3.05, 3.63) is 18.7 Å². The Kier molecular flexibility index (Phi) is 2.78. The van der Waals surface area contributed by atoms with Crippen molar-refractivity contribution in [1.29, 1.82) is 0 Å². The number of anilines is 1. The summed E-state index contributed by atoms with van der Waals surface area (Å²) < 4.78 is 0. The second kappa shape index (κ2) is 4.41. The summed E-state index contributed by atoms with van der Waals surface area (Å²) in [6.45, 7) is 0. The Hall–Kier alpha value is -1.10. The summed E-state index contributed by atoms with van der Waals surface area (Å²) in [5.74, 6) is 2.01. The molecular weight excluding hydrogens is 220 g/mol. The first kappa shape index (κ1) is 10.1. The molecule has 2 unspecified atom stereocenters. The van der Waals surface area contributed by atoms with E-state index in [-0.39, 0.29) is 0 Å². The summed E-state index contributed by atoms with van der Waals surface area (Å²) in [6, 6.07) is 0.549. The zero-order valence-electron chi connectivity index (χ0n) is 8.97. The molecule has 1 N–H and O–H groups in total. The van der Waals surface area contributed by atoms with E-state index in [4.69, 9.17) is 4.99 Å². The van der Waals surface area contributed by atoms with Crippen LogP contribution in [0.5, 0.6) is 0 Å². The van der Waals surface area contributed by atoms with Gasteiger partial charge >= 0.3 is 0 Å². The Morgan fingerprint density at radius 1 is 1.25 bits per heavy atom. The van der Waals surface area contributed by atoms with Gasteiger partial charge in [0.2, 0.25) is 0 Å². The van der Waals surface area contributed by atoms with Crippen LogP contribution >= 0.6 is 11.8 Å². The largest absolute Gasteiger partial charge is 0.332 e. The number of fused-ring (bicyclic) bond motifs is 1. The fraction of sp³-hybridized carbons (Fsp3) is 0.545. The molecule has 1 aromatic heterocycles. The van der Waals surface area contributed by atoms with E-state index < -0.39 is 0 Å². The lowest BCUT2D eigenvalue weighted by molar-refractivity contribution is 0.535. The number of thioether (sulfide) groups is 1. The molecule has 3 rings (SSSR count). The monoisotopic (exact) mass is 234 g/mol. The van der Waals surface area contributed by atoms with Gasteiger partial charge in [0.1, 0.15) is 6.33 Å². The van der Waals surface area contributed by atoms with Gasteiger partial charge in [-0.05, 0) is 18.8 Å². The molecule has 1 aliphatic carbocycles. The number of hydrogen-bond donors (Lipinski definition) is 1. The van der Waals surface area contributed by atoms with Crippen LogP contribution in [0.2, 0.25) is 0 Å². The first-order valence-electron chi connectivity index (χ1n) is 5.64. The maximum Gasteiger partial charge on any atom is 0.161 e. The third kappa shape index (κ3) is 2.04. The van der Waals surface area contributed by atoms with Crippen molar-refractivity contribution in [2.75, 3.05) is 11.1 Å². The van der Waals surface area contributed by atoms with Crippen molar-refractivity contribution in [1.82, 2.24) is 9.97 Å². The molecule has 0 saturated heterocycles. The third-order valence-electron chi connectivity index (χ3n) is 3.15. The summed E-state index contributed by atoms with van der Waals surface area (Å²) in [5.41, 5.74) is 0.921. The lowest BCUT2D eigenvalue weighted by Crippen LogP contribution is -2.25. The Balaban J connectivity index is 1.72. The highest BCUT2D eigenvalue weighted by atomic mass is 32.2. The lowest BCUT2D eigenvalue weighted by atomic mass is 10.1. The Morgan fingerprint density at radius 3 is 3.00 bits per heavy atom. The number of rotatable bonds is 1. The zero-order valence-corrected chi connectivity index (χ0v) is 9.78. The molecule has 0 bridgehead atoms. The van der Waals surface area contributed by atoms with Crippen molar-refractivity contribution in [2.45, 2.75) is 25.3 Å². The Morgan fingerprint density at radius 2 is 2.12 bits per heavy atom. The van der Waals surface area contributed by atoms with E-state index >= 15 is 0 Å². The summed E-state index contributed by atoms with van der Waals surface area (Å²) in [5, 5.41) is 4.31. The molecule has 2 heterocycles. The fourth-order valence-corrected chi connectivity index (χ4v) is 3.47. The Labute approximate surface area is 99.0 Å². The van der Waals surface area contributed by atoms with Crippen LogP contribution in [0.25, 0.3) is 0 Å². The summed E-state index contributed by atoms with van der Waals surface area (Å²) in [6.07, 6.45) is 9.02. The average molecular weight is 234 g/mol. The van der Waals surface area contributed by atoms with Gasteiger partial charge in [0.15, 0.2) is 5.17 Å². The predicted molar refractivity (Wildman–Crippen MR) is 66.7 cm³/mol. The predicted octanol–water partition coefficient (Wildman–Crippen LogP) is 2.16. The smallest absolute Gasteiger partial charge is 0.161 e. The van der Waals surface area contributed by atoms with E-state index in [1.165, 1.54) is 31.3 Å². The topological polar surface area (TPSA) is 50.2 Å². The minimum atomic E-state index is 0.549.